The zero-order valence-corrected chi connectivity index (χ0v) is 23.1. The van der Waals surface area contributed by atoms with Crippen LogP contribution in [0.3, 0.4) is 0 Å². The van der Waals surface area contributed by atoms with Gasteiger partial charge in [-0.25, -0.2) is 4.42 Å². The fourth-order valence-corrected chi connectivity index (χ4v) is 5.72. The van der Waals surface area contributed by atoms with Crippen molar-refractivity contribution in [1.29, 1.82) is 0 Å². The van der Waals surface area contributed by atoms with Crippen LogP contribution >= 0.6 is 0 Å². The lowest BCUT2D eigenvalue weighted by molar-refractivity contribution is -0.143. The Balaban J connectivity index is 1.65. The van der Waals surface area contributed by atoms with Crippen LogP contribution < -0.4 is 4.90 Å². The van der Waals surface area contributed by atoms with Gasteiger partial charge in [0.25, 0.3) is 0 Å². The number of nitrogens with zero attached hydrogens (tertiary/aromatic N) is 1. The van der Waals surface area contributed by atoms with Crippen LogP contribution in [0.2, 0.25) is 0 Å². The number of esters is 1. The first-order valence-corrected chi connectivity index (χ1v) is 13.5. The molecule has 2 aliphatic rings. The third kappa shape index (κ3) is 5.30. The van der Waals surface area contributed by atoms with Crippen LogP contribution in [0.1, 0.15) is 97.5 Å². The lowest BCUT2D eigenvalue weighted by atomic mass is 9.76. The predicted octanol–water partition coefficient (Wildman–Crippen LogP) is 7.90. The maximum Gasteiger partial charge on any atom is 0.362 e. The Kier molecular flexibility index (Phi) is 7.49. The van der Waals surface area contributed by atoms with Gasteiger partial charge in [0.1, 0.15) is 5.76 Å². The number of rotatable bonds is 9. The van der Waals surface area contributed by atoms with Gasteiger partial charge in [-0.15, -0.1) is 0 Å². The van der Waals surface area contributed by atoms with Crippen molar-refractivity contribution >= 4 is 34.3 Å². The number of ether oxygens (including phenoxy) is 2. The molecule has 0 N–H and O–H groups in total. The molecule has 1 aliphatic heterocycles. The number of hydrogen-bond donors (Lipinski definition) is 0. The number of benzene rings is 1. The normalized spacial score (nSPS) is 17.7. The maximum atomic E-state index is 11.7. The molecule has 0 atom stereocenters. The van der Waals surface area contributed by atoms with Crippen LogP contribution in [-0.4, -0.2) is 31.3 Å². The van der Waals surface area contributed by atoms with Gasteiger partial charge in [-0.1, -0.05) is 26.3 Å². The van der Waals surface area contributed by atoms with E-state index < -0.39 is 0 Å². The van der Waals surface area contributed by atoms with Crippen molar-refractivity contribution in [1.82, 2.24) is 0 Å². The molecule has 194 valence electrons. The zero-order chi connectivity index (χ0) is 26.1. The van der Waals surface area contributed by atoms with E-state index in [2.05, 4.69) is 69.9 Å². The molecule has 0 amide bonds. The van der Waals surface area contributed by atoms with Gasteiger partial charge in [0.15, 0.2) is 0 Å². The first-order valence-electron chi connectivity index (χ1n) is 13.5. The molecular formula is C31H42NO4+. The summed E-state index contributed by atoms with van der Waals surface area (Å²) in [5, 5.41) is 1.13. The van der Waals surface area contributed by atoms with Crippen molar-refractivity contribution in [3.05, 3.63) is 46.9 Å². The van der Waals surface area contributed by atoms with Crippen molar-refractivity contribution in [2.45, 2.75) is 91.5 Å². The summed E-state index contributed by atoms with van der Waals surface area (Å²) in [6, 6.07) is 6.82. The van der Waals surface area contributed by atoms with E-state index in [0.29, 0.717) is 19.6 Å². The van der Waals surface area contributed by atoms with Crippen LogP contribution in [0, 0.1) is 0 Å². The third-order valence-corrected chi connectivity index (χ3v) is 7.43. The van der Waals surface area contributed by atoms with E-state index in [1.807, 2.05) is 13.8 Å². The summed E-state index contributed by atoms with van der Waals surface area (Å²) in [6.45, 7) is 17.2. The van der Waals surface area contributed by atoms with E-state index >= 15 is 0 Å². The topological polar surface area (TPSA) is 50.1 Å². The molecule has 5 heteroatoms. The molecule has 1 aromatic heterocycles. The first-order chi connectivity index (χ1) is 17.1. The summed E-state index contributed by atoms with van der Waals surface area (Å²) in [4.78, 5) is 14.2. The van der Waals surface area contributed by atoms with E-state index in [1.54, 1.807) is 0 Å². The zero-order valence-electron chi connectivity index (χ0n) is 23.1. The van der Waals surface area contributed by atoms with E-state index in [1.165, 1.54) is 22.4 Å². The highest BCUT2D eigenvalue weighted by Crippen LogP contribution is 2.44. The smallest absolute Gasteiger partial charge is 0.362 e. The van der Waals surface area contributed by atoms with E-state index in [0.717, 1.165) is 54.7 Å². The highest BCUT2D eigenvalue weighted by atomic mass is 16.5. The molecule has 0 fully saturated rings. The van der Waals surface area contributed by atoms with Gasteiger partial charge in [0, 0.05) is 30.4 Å². The molecule has 2 heterocycles. The molecule has 0 saturated heterocycles. The summed E-state index contributed by atoms with van der Waals surface area (Å²) in [7, 11) is 0. The van der Waals surface area contributed by atoms with Crippen LogP contribution in [0.15, 0.2) is 34.5 Å². The first kappa shape index (κ1) is 26.2. The van der Waals surface area contributed by atoms with E-state index in [4.69, 9.17) is 13.9 Å². The Morgan fingerprint density at radius 2 is 1.83 bits per heavy atom. The largest absolute Gasteiger partial charge is 0.498 e. The van der Waals surface area contributed by atoms with Gasteiger partial charge < -0.3 is 14.4 Å². The number of carbonyl (C=O) groups excluding carboxylic acids is 1. The molecule has 36 heavy (non-hydrogen) atoms. The molecule has 1 aromatic carbocycles. The lowest BCUT2D eigenvalue weighted by Gasteiger charge is -2.43. The van der Waals surface area contributed by atoms with E-state index in [9.17, 15) is 4.79 Å². The van der Waals surface area contributed by atoms with Crippen LogP contribution in [0.5, 0.6) is 0 Å². The number of hydrogen-bond acceptors (Lipinski definition) is 4. The Morgan fingerprint density at radius 3 is 2.56 bits per heavy atom. The minimum Gasteiger partial charge on any atom is -0.498 e. The molecule has 0 radical (unpaired) electrons. The molecule has 0 saturated carbocycles. The van der Waals surface area contributed by atoms with Crippen molar-refractivity contribution in [2.75, 3.05) is 24.7 Å². The third-order valence-electron chi connectivity index (χ3n) is 7.43. The van der Waals surface area contributed by atoms with Crippen LogP contribution in [-0.2, 0) is 19.7 Å². The highest BCUT2D eigenvalue weighted by molar-refractivity contribution is 5.92. The van der Waals surface area contributed by atoms with Crippen LogP contribution in [0.4, 0.5) is 5.69 Å². The SMILES string of the molecule is CCOC(=O)CCCCCN1c2cc3[o+]c4c(cc3cc2C(C)=CC1(C)C)C(C)(C)CC(OCC)=C4. The van der Waals surface area contributed by atoms with Crippen molar-refractivity contribution in [3.63, 3.8) is 0 Å². The van der Waals surface area contributed by atoms with Crippen LogP contribution in [0.25, 0.3) is 22.6 Å². The molecule has 0 unspecified atom stereocenters. The van der Waals surface area contributed by atoms with Gasteiger partial charge in [-0.3, -0.25) is 4.79 Å². The average molecular weight is 493 g/mol. The second-order valence-electron chi connectivity index (χ2n) is 11.3. The van der Waals surface area contributed by atoms with Gasteiger partial charge in [-0.2, -0.15) is 0 Å². The molecule has 0 bridgehead atoms. The maximum absolute atomic E-state index is 11.7. The average Bonchev–Trinajstić information content (AvgIpc) is 2.78. The Morgan fingerprint density at radius 1 is 1.06 bits per heavy atom. The number of fused-ring (bicyclic) bond motifs is 3. The molecule has 1 aliphatic carbocycles. The summed E-state index contributed by atoms with van der Waals surface area (Å²) >= 11 is 0. The number of carbonyl (C=O) groups is 1. The van der Waals surface area contributed by atoms with E-state index in [-0.39, 0.29) is 16.9 Å². The summed E-state index contributed by atoms with van der Waals surface area (Å²) < 4.78 is 17.5. The number of anilines is 1. The second-order valence-corrected chi connectivity index (χ2v) is 11.3. The lowest BCUT2D eigenvalue weighted by Crippen LogP contribution is -2.45. The second kappa shape index (κ2) is 10.3. The molecule has 2 aromatic rings. The Bertz CT molecular complexity index is 1200. The van der Waals surface area contributed by atoms with Gasteiger partial charge in [0.2, 0.25) is 0 Å². The van der Waals surface area contributed by atoms with Crippen molar-refractivity contribution in [2.24, 2.45) is 0 Å². The standard InChI is InChI=1S/C31H42NO4/c1-8-34-23-17-28-25(30(4,5)20-23)16-22-15-24-21(3)19-31(6,7)32(26(24)18-27(22)36-28)14-12-10-11-13-29(33)35-9-2/h15-19H,8-14,20H2,1-7H3/q+1. The van der Waals surface area contributed by atoms with Crippen molar-refractivity contribution < 1.29 is 18.7 Å². The molecule has 0 spiro atoms. The minimum absolute atomic E-state index is 0.0510. The number of allylic oxidation sites excluding steroid dienone is 2. The van der Waals surface area contributed by atoms with Gasteiger partial charge >= 0.3 is 17.3 Å². The number of unbranched alkanes of at least 4 members (excludes halogenated alkanes) is 2. The molecule has 5 nitrogen and oxygen atoms in total. The monoisotopic (exact) mass is 492 g/mol. The van der Waals surface area contributed by atoms with Crippen molar-refractivity contribution in [3.8, 4) is 0 Å². The highest BCUT2D eigenvalue weighted by Gasteiger charge is 2.38. The summed E-state index contributed by atoms with van der Waals surface area (Å²) in [5.41, 5.74) is 5.75. The van der Waals surface area contributed by atoms with Gasteiger partial charge in [-0.05, 0) is 65.2 Å². The quantitative estimate of drug-likeness (QED) is 0.202. The minimum atomic E-state index is -0.107. The summed E-state index contributed by atoms with van der Waals surface area (Å²) in [5.74, 6) is 1.79. The Labute approximate surface area is 216 Å². The predicted molar refractivity (Wildman–Crippen MR) is 148 cm³/mol. The molecular weight excluding hydrogens is 450 g/mol. The summed E-state index contributed by atoms with van der Waals surface area (Å²) in [6.07, 6.45) is 8.68. The fourth-order valence-electron chi connectivity index (χ4n) is 5.72. The molecule has 4 rings (SSSR count). The van der Waals surface area contributed by atoms with Gasteiger partial charge in [0.05, 0.1) is 47.5 Å². The fraction of sp³-hybridized carbons (Fsp3) is 0.548. The Hall–Kier alpha value is -2.82.